The Bertz CT molecular complexity index is 1160. The first-order valence-corrected chi connectivity index (χ1v) is 13.1. The molecule has 0 saturated carbocycles. The number of hydrogen-bond acceptors (Lipinski definition) is 4. The molecule has 1 aliphatic heterocycles. The highest BCUT2D eigenvalue weighted by molar-refractivity contribution is 5.92. The molecule has 5 nitrogen and oxygen atoms in total. The number of carbonyl (C=O) groups excluding carboxylic acids is 1. The molecule has 3 aromatic carbocycles. The summed E-state index contributed by atoms with van der Waals surface area (Å²) in [6, 6.07) is 23.0. The largest absolute Gasteiger partial charge is 0.490 e. The molecule has 1 saturated heterocycles. The van der Waals surface area contributed by atoms with E-state index in [9.17, 15) is 9.90 Å². The first-order chi connectivity index (χ1) is 17.6. The number of likely N-dealkylation sites (tertiary alicyclic amines) is 1. The van der Waals surface area contributed by atoms with E-state index in [-0.39, 0.29) is 12.5 Å². The fourth-order valence-corrected chi connectivity index (χ4v) is 5.00. The van der Waals surface area contributed by atoms with Crippen molar-refractivity contribution < 1.29 is 14.6 Å². The number of para-hydroxylation sites is 1. The van der Waals surface area contributed by atoms with Crippen molar-refractivity contribution in [1.29, 1.82) is 0 Å². The zero-order chi connectivity index (χ0) is 25.3. The van der Waals surface area contributed by atoms with Gasteiger partial charge in [0.25, 0.3) is 0 Å². The number of ether oxygens (including phenoxy) is 1. The number of aliphatic hydroxyl groups is 1. The molecule has 190 valence electrons. The number of fused-ring (bicyclic) bond motifs is 1. The second kappa shape index (κ2) is 12.7. The smallest absolute Gasteiger partial charge is 0.246 e. The third-order valence-electron chi connectivity index (χ3n) is 7.13. The van der Waals surface area contributed by atoms with Crippen LogP contribution < -0.4 is 4.74 Å². The van der Waals surface area contributed by atoms with Crippen molar-refractivity contribution in [2.45, 2.75) is 38.7 Å². The summed E-state index contributed by atoms with van der Waals surface area (Å²) in [5.74, 6) is 1.23. The zero-order valence-electron chi connectivity index (χ0n) is 21.5. The minimum Gasteiger partial charge on any atom is -0.490 e. The minimum absolute atomic E-state index is 0.0121. The maximum Gasteiger partial charge on any atom is 0.246 e. The highest BCUT2D eigenvalue weighted by Crippen LogP contribution is 2.30. The maximum absolute atomic E-state index is 12.3. The highest BCUT2D eigenvalue weighted by Gasteiger charge is 2.22. The fraction of sp³-hybridized carbons (Fsp3) is 0.387. The molecule has 5 heteroatoms. The first-order valence-electron chi connectivity index (χ1n) is 13.1. The lowest BCUT2D eigenvalue weighted by atomic mass is 9.88. The van der Waals surface area contributed by atoms with E-state index >= 15 is 0 Å². The topological polar surface area (TPSA) is 53.0 Å². The lowest BCUT2D eigenvalue weighted by Crippen LogP contribution is -2.40. The third-order valence-corrected chi connectivity index (χ3v) is 7.13. The van der Waals surface area contributed by atoms with Gasteiger partial charge in [-0.15, -0.1) is 0 Å². The van der Waals surface area contributed by atoms with Crippen molar-refractivity contribution in [3.05, 3.63) is 83.9 Å². The molecular weight excluding hydrogens is 448 g/mol. The Kier molecular flexibility index (Phi) is 9.15. The van der Waals surface area contributed by atoms with E-state index in [1.807, 2.05) is 38.1 Å². The number of amides is 1. The lowest BCUT2D eigenvalue weighted by molar-refractivity contribution is -0.125. The van der Waals surface area contributed by atoms with Crippen molar-refractivity contribution in [2.75, 3.05) is 39.3 Å². The van der Waals surface area contributed by atoms with E-state index in [4.69, 9.17) is 4.74 Å². The number of carbonyl (C=O) groups is 1. The predicted molar refractivity (Wildman–Crippen MR) is 147 cm³/mol. The summed E-state index contributed by atoms with van der Waals surface area (Å²) >= 11 is 0. The summed E-state index contributed by atoms with van der Waals surface area (Å²) < 4.78 is 5.96. The fourth-order valence-electron chi connectivity index (χ4n) is 5.00. The molecule has 0 radical (unpaired) electrons. The molecule has 0 aliphatic carbocycles. The molecular formula is C31H38N2O3. The second-order valence-corrected chi connectivity index (χ2v) is 9.53. The number of likely N-dealkylation sites (N-methyl/N-ethyl adjacent to an activating group) is 1. The van der Waals surface area contributed by atoms with Gasteiger partial charge < -0.3 is 19.6 Å². The van der Waals surface area contributed by atoms with Gasteiger partial charge in [-0.3, -0.25) is 4.79 Å². The molecule has 0 aromatic heterocycles. The van der Waals surface area contributed by atoms with Gasteiger partial charge in [-0.25, -0.2) is 0 Å². The molecule has 1 fully saturated rings. The number of piperidine rings is 1. The van der Waals surface area contributed by atoms with Crippen LogP contribution in [0.15, 0.2) is 72.8 Å². The van der Waals surface area contributed by atoms with Crippen molar-refractivity contribution in [1.82, 2.24) is 9.80 Å². The molecule has 1 heterocycles. The van der Waals surface area contributed by atoms with Gasteiger partial charge in [0.1, 0.15) is 18.5 Å². The van der Waals surface area contributed by atoms with Crippen molar-refractivity contribution in [3.63, 3.8) is 0 Å². The standard InChI is InChI=1S/C31H38N2O3/c1-3-33(4-2)31(35)16-15-26-10-7-8-12-30(26)36-23-29(34)22-32-19-17-25(18-20-32)28-14-13-24-9-5-6-11-27(24)21-28/h5-16,21,25,29,34H,3-4,17-20,22-23H2,1-2H3/t29-/m0/s1. The van der Waals surface area contributed by atoms with E-state index in [1.165, 1.54) is 16.3 Å². The third kappa shape index (κ3) is 6.74. The van der Waals surface area contributed by atoms with E-state index in [0.717, 1.165) is 31.5 Å². The van der Waals surface area contributed by atoms with Crippen LogP contribution in [0.3, 0.4) is 0 Å². The van der Waals surface area contributed by atoms with Gasteiger partial charge in [-0.05, 0) is 74.2 Å². The van der Waals surface area contributed by atoms with Gasteiger partial charge in [0, 0.05) is 31.3 Å². The van der Waals surface area contributed by atoms with Crippen LogP contribution in [0.4, 0.5) is 0 Å². The van der Waals surface area contributed by atoms with Crippen LogP contribution in [0.25, 0.3) is 16.8 Å². The van der Waals surface area contributed by atoms with Crippen LogP contribution in [-0.4, -0.2) is 66.2 Å². The molecule has 0 bridgehead atoms. The van der Waals surface area contributed by atoms with Crippen LogP contribution in [0.5, 0.6) is 5.75 Å². The molecule has 1 atom stereocenters. The van der Waals surface area contributed by atoms with Crippen molar-refractivity contribution in [3.8, 4) is 5.75 Å². The van der Waals surface area contributed by atoms with Gasteiger partial charge in [0.05, 0.1) is 0 Å². The van der Waals surface area contributed by atoms with Crippen LogP contribution in [0, 0.1) is 0 Å². The Labute approximate surface area is 215 Å². The Morgan fingerprint density at radius 2 is 1.72 bits per heavy atom. The maximum atomic E-state index is 12.3. The SMILES string of the molecule is CCN(CC)C(=O)C=Cc1ccccc1OC[C@@H](O)CN1CCC(c2ccc3ccccc3c2)CC1. The molecule has 1 amide bonds. The quantitative estimate of drug-likeness (QED) is 0.393. The Balaban J connectivity index is 1.26. The van der Waals surface area contributed by atoms with E-state index < -0.39 is 6.10 Å². The number of benzene rings is 3. The summed E-state index contributed by atoms with van der Waals surface area (Å²) in [7, 11) is 0. The van der Waals surface area contributed by atoms with E-state index in [0.29, 0.717) is 31.3 Å². The first kappa shape index (κ1) is 25.9. The summed E-state index contributed by atoms with van der Waals surface area (Å²) in [6.45, 7) is 8.08. The van der Waals surface area contributed by atoms with E-state index in [1.54, 1.807) is 17.1 Å². The lowest BCUT2D eigenvalue weighted by Gasteiger charge is -2.33. The van der Waals surface area contributed by atoms with Crippen LogP contribution in [0.2, 0.25) is 0 Å². The van der Waals surface area contributed by atoms with Gasteiger partial charge in [0.15, 0.2) is 0 Å². The van der Waals surface area contributed by atoms with Crippen molar-refractivity contribution >= 4 is 22.8 Å². The molecule has 3 aromatic rings. The monoisotopic (exact) mass is 486 g/mol. The number of nitrogens with zero attached hydrogens (tertiary/aromatic N) is 2. The Morgan fingerprint density at radius 3 is 2.47 bits per heavy atom. The average Bonchev–Trinajstić information content (AvgIpc) is 2.92. The Hall–Kier alpha value is -3.15. The van der Waals surface area contributed by atoms with Gasteiger partial charge in [-0.2, -0.15) is 0 Å². The summed E-state index contributed by atoms with van der Waals surface area (Å²) in [4.78, 5) is 16.4. The van der Waals surface area contributed by atoms with Crippen LogP contribution in [-0.2, 0) is 4.79 Å². The molecule has 1 aliphatic rings. The number of aliphatic hydroxyl groups excluding tert-OH is 1. The number of rotatable bonds is 10. The van der Waals surface area contributed by atoms with Crippen LogP contribution >= 0.6 is 0 Å². The zero-order valence-corrected chi connectivity index (χ0v) is 21.5. The normalized spacial score (nSPS) is 15.9. The summed E-state index contributed by atoms with van der Waals surface area (Å²) in [5.41, 5.74) is 2.25. The van der Waals surface area contributed by atoms with Crippen molar-refractivity contribution in [2.24, 2.45) is 0 Å². The number of hydrogen-bond donors (Lipinski definition) is 1. The van der Waals surface area contributed by atoms with Crippen LogP contribution in [0.1, 0.15) is 43.7 Å². The predicted octanol–water partition coefficient (Wildman–Crippen LogP) is 5.34. The summed E-state index contributed by atoms with van der Waals surface area (Å²) in [6.07, 6.45) is 5.00. The minimum atomic E-state index is -0.573. The Morgan fingerprint density at radius 1 is 1.03 bits per heavy atom. The van der Waals surface area contributed by atoms with Gasteiger partial charge >= 0.3 is 0 Å². The molecule has 0 spiro atoms. The van der Waals surface area contributed by atoms with Gasteiger partial charge in [0.2, 0.25) is 5.91 Å². The second-order valence-electron chi connectivity index (χ2n) is 9.53. The highest BCUT2D eigenvalue weighted by atomic mass is 16.5. The molecule has 1 N–H and O–H groups in total. The van der Waals surface area contributed by atoms with E-state index in [2.05, 4.69) is 47.4 Å². The summed E-state index contributed by atoms with van der Waals surface area (Å²) in [5, 5.41) is 13.3. The molecule has 0 unspecified atom stereocenters. The molecule has 36 heavy (non-hydrogen) atoms. The van der Waals surface area contributed by atoms with Gasteiger partial charge in [-0.1, -0.05) is 60.7 Å². The number of β-amino-alcohol motifs (C(OH)–C–C–N with tert-alkyl or cyclic N) is 1. The molecule has 4 rings (SSSR count). The average molecular weight is 487 g/mol.